The number of hydrogen-bond donors (Lipinski definition) is 1. The van der Waals surface area contributed by atoms with Gasteiger partial charge in [-0.3, -0.25) is 4.98 Å². The Hall–Kier alpha value is -4.20. The summed E-state index contributed by atoms with van der Waals surface area (Å²) in [4.78, 5) is 9.45. The predicted molar refractivity (Wildman–Crippen MR) is 134 cm³/mol. The smallest absolute Gasteiger partial charge is 0.206 e. The first-order valence-corrected chi connectivity index (χ1v) is 12.0. The third-order valence-electron chi connectivity index (χ3n) is 5.98. The van der Waals surface area contributed by atoms with E-state index in [1.54, 1.807) is 6.20 Å². The van der Waals surface area contributed by atoms with Crippen LogP contribution in [0.15, 0.2) is 72.9 Å². The van der Waals surface area contributed by atoms with Crippen LogP contribution < -0.4 is 0 Å². The number of tetrazole rings is 1. The standard InChI is InChI=1S/C27H28N8/c1-2-3-11-25-29-24(17-14-20-8-5-4-6-9-20)32-35(25)19-21-12-15-22(16-13-21)26-23(10-7-18-28-26)27-30-33-34-31-27/h4-10,12-13,15-16,18H,2-3,11,14,17,19H2,1H3,(H,30,31,33,34). The van der Waals surface area contributed by atoms with Gasteiger partial charge in [-0.2, -0.15) is 10.3 Å². The molecule has 5 aromatic rings. The molecule has 1 N–H and O–H groups in total. The van der Waals surface area contributed by atoms with E-state index >= 15 is 0 Å². The van der Waals surface area contributed by atoms with Gasteiger partial charge in [-0.25, -0.2) is 9.67 Å². The molecule has 8 nitrogen and oxygen atoms in total. The summed E-state index contributed by atoms with van der Waals surface area (Å²) in [6.45, 7) is 2.90. The molecule has 0 fully saturated rings. The number of benzene rings is 2. The van der Waals surface area contributed by atoms with Crippen molar-refractivity contribution in [2.75, 3.05) is 0 Å². The van der Waals surface area contributed by atoms with Crippen LogP contribution in [0.2, 0.25) is 0 Å². The van der Waals surface area contributed by atoms with Crippen LogP contribution >= 0.6 is 0 Å². The quantitative estimate of drug-likeness (QED) is 0.322. The lowest BCUT2D eigenvalue weighted by Crippen LogP contribution is -2.07. The topological polar surface area (TPSA) is 98.1 Å². The summed E-state index contributed by atoms with van der Waals surface area (Å²) < 4.78 is 2.07. The summed E-state index contributed by atoms with van der Waals surface area (Å²) in [7, 11) is 0. The van der Waals surface area contributed by atoms with Gasteiger partial charge < -0.3 is 0 Å². The molecular formula is C27H28N8. The number of aryl methyl sites for hydroxylation is 3. The minimum Gasteiger partial charge on any atom is -0.255 e. The van der Waals surface area contributed by atoms with Crippen molar-refractivity contribution >= 4 is 0 Å². The third-order valence-corrected chi connectivity index (χ3v) is 5.98. The molecule has 176 valence electrons. The van der Waals surface area contributed by atoms with Gasteiger partial charge in [-0.05, 0) is 41.3 Å². The van der Waals surface area contributed by atoms with Crippen molar-refractivity contribution in [1.29, 1.82) is 0 Å². The molecule has 35 heavy (non-hydrogen) atoms. The Labute approximate surface area is 204 Å². The summed E-state index contributed by atoms with van der Waals surface area (Å²) >= 11 is 0. The summed E-state index contributed by atoms with van der Waals surface area (Å²) in [6, 6.07) is 22.8. The highest BCUT2D eigenvalue weighted by Crippen LogP contribution is 2.27. The molecule has 0 radical (unpaired) electrons. The number of unbranched alkanes of at least 4 members (excludes halogenated alkanes) is 1. The van der Waals surface area contributed by atoms with Crippen molar-refractivity contribution in [3.8, 4) is 22.6 Å². The van der Waals surface area contributed by atoms with Crippen LogP contribution in [-0.2, 0) is 25.8 Å². The maximum absolute atomic E-state index is 4.88. The SMILES string of the molecule is CCCCc1nc(CCc2ccccc2)nn1Cc1ccc(-c2ncccc2-c2nn[nH]n2)cc1. The maximum Gasteiger partial charge on any atom is 0.206 e. The molecule has 0 atom stereocenters. The first-order valence-electron chi connectivity index (χ1n) is 12.0. The Morgan fingerprint density at radius 1 is 0.857 bits per heavy atom. The van der Waals surface area contributed by atoms with E-state index in [0.717, 1.165) is 60.6 Å². The van der Waals surface area contributed by atoms with Crippen LogP contribution in [0.4, 0.5) is 0 Å². The number of nitrogens with zero attached hydrogens (tertiary/aromatic N) is 7. The Balaban J connectivity index is 1.34. The monoisotopic (exact) mass is 464 g/mol. The van der Waals surface area contributed by atoms with Crippen LogP contribution in [0, 0.1) is 0 Å². The number of aromatic nitrogens is 8. The number of nitrogens with one attached hydrogen (secondary N) is 1. The Bertz CT molecular complexity index is 1340. The molecule has 0 spiro atoms. The van der Waals surface area contributed by atoms with E-state index in [-0.39, 0.29) is 0 Å². The second-order valence-electron chi connectivity index (χ2n) is 8.52. The average Bonchev–Trinajstić information content (AvgIpc) is 3.58. The number of hydrogen-bond acceptors (Lipinski definition) is 6. The molecule has 0 aliphatic carbocycles. The number of rotatable bonds is 10. The summed E-state index contributed by atoms with van der Waals surface area (Å²) in [5, 5.41) is 19.3. The summed E-state index contributed by atoms with van der Waals surface area (Å²) in [6.07, 6.45) is 6.74. The van der Waals surface area contributed by atoms with Crippen LogP contribution in [-0.4, -0.2) is 40.4 Å². The maximum atomic E-state index is 4.88. The number of aromatic amines is 1. The molecule has 5 rings (SSSR count). The lowest BCUT2D eigenvalue weighted by atomic mass is 10.0. The van der Waals surface area contributed by atoms with Gasteiger partial charge in [0.25, 0.3) is 0 Å². The minimum absolute atomic E-state index is 0.531. The summed E-state index contributed by atoms with van der Waals surface area (Å²) in [5.74, 6) is 2.50. The lowest BCUT2D eigenvalue weighted by Gasteiger charge is -2.08. The van der Waals surface area contributed by atoms with Crippen molar-refractivity contribution in [3.05, 3.63) is 95.7 Å². The normalized spacial score (nSPS) is 11.1. The average molecular weight is 465 g/mol. The van der Waals surface area contributed by atoms with Crippen molar-refractivity contribution in [2.24, 2.45) is 0 Å². The van der Waals surface area contributed by atoms with Gasteiger partial charge >= 0.3 is 0 Å². The Morgan fingerprint density at radius 3 is 2.49 bits per heavy atom. The molecule has 2 aromatic carbocycles. The molecule has 3 heterocycles. The third kappa shape index (κ3) is 5.48. The zero-order valence-electron chi connectivity index (χ0n) is 19.8. The molecule has 0 unspecified atom stereocenters. The van der Waals surface area contributed by atoms with E-state index in [1.165, 1.54) is 11.1 Å². The van der Waals surface area contributed by atoms with E-state index in [1.807, 2.05) is 18.2 Å². The fraction of sp³-hybridized carbons (Fsp3) is 0.259. The second kappa shape index (κ2) is 10.8. The van der Waals surface area contributed by atoms with Crippen molar-refractivity contribution in [2.45, 2.75) is 45.6 Å². The first-order chi connectivity index (χ1) is 17.3. The molecule has 0 amide bonds. The lowest BCUT2D eigenvalue weighted by molar-refractivity contribution is 0.613. The van der Waals surface area contributed by atoms with Crippen molar-refractivity contribution in [3.63, 3.8) is 0 Å². The molecule has 0 aliphatic heterocycles. The highest BCUT2D eigenvalue weighted by Gasteiger charge is 2.13. The predicted octanol–water partition coefficient (Wildman–Crippen LogP) is 4.70. The molecule has 0 bridgehead atoms. The Morgan fingerprint density at radius 2 is 1.71 bits per heavy atom. The van der Waals surface area contributed by atoms with Crippen molar-refractivity contribution < 1.29 is 0 Å². The van der Waals surface area contributed by atoms with E-state index in [0.29, 0.717) is 12.4 Å². The minimum atomic E-state index is 0.531. The molecule has 8 heteroatoms. The molecule has 3 aromatic heterocycles. The van der Waals surface area contributed by atoms with Gasteiger partial charge in [0.2, 0.25) is 5.82 Å². The summed E-state index contributed by atoms with van der Waals surface area (Å²) in [5.41, 5.74) is 5.15. The van der Waals surface area contributed by atoms with E-state index < -0.39 is 0 Å². The largest absolute Gasteiger partial charge is 0.255 e. The van der Waals surface area contributed by atoms with E-state index in [4.69, 9.17) is 10.1 Å². The van der Waals surface area contributed by atoms with Crippen LogP contribution in [0.1, 0.15) is 42.5 Å². The van der Waals surface area contributed by atoms with Crippen LogP contribution in [0.3, 0.4) is 0 Å². The fourth-order valence-corrected chi connectivity index (χ4v) is 4.11. The highest BCUT2D eigenvalue weighted by molar-refractivity contribution is 5.76. The number of H-pyrrole nitrogens is 1. The van der Waals surface area contributed by atoms with Crippen LogP contribution in [0.25, 0.3) is 22.6 Å². The van der Waals surface area contributed by atoms with E-state index in [2.05, 4.69) is 85.7 Å². The molecule has 0 aliphatic rings. The van der Waals surface area contributed by atoms with Gasteiger partial charge in [0.15, 0.2) is 5.82 Å². The van der Waals surface area contributed by atoms with Crippen molar-refractivity contribution in [1.82, 2.24) is 40.4 Å². The molecule has 0 saturated heterocycles. The zero-order chi connectivity index (χ0) is 23.9. The van der Waals surface area contributed by atoms with E-state index in [9.17, 15) is 0 Å². The van der Waals surface area contributed by atoms with Gasteiger partial charge in [-0.15, -0.1) is 10.2 Å². The molecular weight excluding hydrogens is 436 g/mol. The van der Waals surface area contributed by atoms with Gasteiger partial charge in [0.05, 0.1) is 12.2 Å². The van der Waals surface area contributed by atoms with Gasteiger partial charge in [0.1, 0.15) is 5.82 Å². The van der Waals surface area contributed by atoms with Crippen LogP contribution in [0.5, 0.6) is 0 Å². The number of pyridine rings is 1. The van der Waals surface area contributed by atoms with Gasteiger partial charge in [0, 0.05) is 30.2 Å². The molecule has 0 saturated carbocycles. The second-order valence-corrected chi connectivity index (χ2v) is 8.52. The van der Waals surface area contributed by atoms with Gasteiger partial charge in [-0.1, -0.05) is 67.9 Å². The zero-order valence-corrected chi connectivity index (χ0v) is 19.8. The Kier molecular flexibility index (Phi) is 6.98. The fourth-order valence-electron chi connectivity index (χ4n) is 4.11. The first kappa shape index (κ1) is 22.6. The highest BCUT2D eigenvalue weighted by atomic mass is 15.5.